The van der Waals surface area contributed by atoms with Crippen molar-refractivity contribution in [1.29, 1.82) is 0 Å². The van der Waals surface area contributed by atoms with E-state index in [1.54, 1.807) is 0 Å². The summed E-state index contributed by atoms with van der Waals surface area (Å²) in [5.41, 5.74) is 1.75. The predicted octanol–water partition coefficient (Wildman–Crippen LogP) is 2.93. The number of rotatable bonds is 2. The van der Waals surface area contributed by atoms with Crippen LogP contribution in [0.5, 0.6) is 0 Å². The molecule has 2 aliphatic heterocycles. The summed E-state index contributed by atoms with van der Waals surface area (Å²) in [6.45, 7) is 6.91. The van der Waals surface area contributed by atoms with Crippen molar-refractivity contribution in [1.82, 2.24) is 14.9 Å². The fourth-order valence-electron chi connectivity index (χ4n) is 3.60. The van der Waals surface area contributed by atoms with Gasteiger partial charge in [-0.15, -0.1) is 0 Å². The van der Waals surface area contributed by atoms with Crippen LogP contribution in [0, 0.1) is 5.41 Å². The van der Waals surface area contributed by atoms with Gasteiger partial charge in [0.15, 0.2) is 0 Å². The van der Waals surface area contributed by atoms with Gasteiger partial charge in [0.1, 0.15) is 0 Å². The molecule has 0 amide bonds. The topological polar surface area (TPSA) is 29.9 Å². The van der Waals surface area contributed by atoms with Crippen molar-refractivity contribution in [2.45, 2.75) is 71.0 Å². The Hall–Kier alpha value is -0.830. The van der Waals surface area contributed by atoms with Gasteiger partial charge in [-0.25, -0.2) is 4.98 Å². The number of hydrogen-bond acceptors (Lipinski definition) is 2. The molecule has 2 unspecified atom stereocenters. The van der Waals surface area contributed by atoms with E-state index in [9.17, 15) is 0 Å². The maximum absolute atomic E-state index is 4.39. The lowest BCUT2D eigenvalue weighted by molar-refractivity contribution is 0.287. The highest BCUT2D eigenvalue weighted by atomic mass is 15.1. The molecule has 1 aromatic heterocycles. The molecule has 0 spiro atoms. The Bertz CT molecular complexity index is 404. The summed E-state index contributed by atoms with van der Waals surface area (Å²) < 4.78 is 2.46. The summed E-state index contributed by atoms with van der Waals surface area (Å²) in [7, 11) is 0. The molecule has 1 aromatic rings. The molecule has 3 heterocycles. The maximum atomic E-state index is 4.39. The molecule has 2 aliphatic rings. The Morgan fingerprint density at radius 1 is 1.28 bits per heavy atom. The quantitative estimate of drug-likeness (QED) is 0.871. The molecule has 2 bridgehead atoms. The zero-order chi connectivity index (χ0) is 12.8. The molecule has 100 valence electrons. The summed E-state index contributed by atoms with van der Waals surface area (Å²) in [6, 6.07) is 2.17. The van der Waals surface area contributed by atoms with Crippen LogP contribution in [-0.4, -0.2) is 21.6 Å². The lowest BCUT2D eigenvalue weighted by Crippen LogP contribution is -2.39. The third kappa shape index (κ3) is 2.46. The van der Waals surface area contributed by atoms with Gasteiger partial charge in [-0.1, -0.05) is 20.8 Å². The van der Waals surface area contributed by atoms with Crippen LogP contribution in [0.15, 0.2) is 12.5 Å². The standard InChI is InChI=1S/C15H25N3/c1-15(2,3)8-14-9-16-10-18(14)13-6-11-4-5-12(7-13)17-11/h9-13,17H,4-8H2,1-3H3. The minimum Gasteiger partial charge on any atom is -0.331 e. The number of nitrogens with zero attached hydrogens (tertiary/aromatic N) is 2. The third-order valence-electron chi connectivity index (χ3n) is 4.30. The average molecular weight is 247 g/mol. The maximum Gasteiger partial charge on any atom is 0.0950 e. The zero-order valence-electron chi connectivity index (χ0n) is 11.8. The number of fused-ring (bicyclic) bond motifs is 2. The molecule has 3 nitrogen and oxygen atoms in total. The lowest BCUT2D eigenvalue weighted by Gasteiger charge is -2.32. The Morgan fingerprint density at radius 3 is 2.56 bits per heavy atom. The van der Waals surface area contributed by atoms with Crippen LogP contribution in [0.4, 0.5) is 0 Å². The van der Waals surface area contributed by atoms with Crippen molar-refractivity contribution in [2.24, 2.45) is 5.41 Å². The Morgan fingerprint density at radius 2 is 1.94 bits per heavy atom. The first-order valence-electron chi connectivity index (χ1n) is 7.28. The number of imidazole rings is 1. The minimum absolute atomic E-state index is 0.337. The Kier molecular flexibility index (Phi) is 2.97. The molecule has 2 saturated heterocycles. The van der Waals surface area contributed by atoms with E-state index < -0.39 is 0 Å². The van der Waals surface area contributed by atoms with Crippen LogP contribution in [0.25, 0.3) is 0 Å². The van der Waals surface area contributed by atoms with E-state index in [-0.39, 0.29) is 0 Å². The van der Waals surface area contributed by atoms with Crippen LogP contribution in [0.2, 0.25) is 0 Å². The van der Waals surface area contributed by atoms with Gasteiger partial charge >= 0.3 is 0 Å². The Labute approximate surface area is 110 Å². The van der Waals surface area contributed by atoms with E-state index in [1.165, 1.54) is 31.4 Å². The van der Waals surface area contributed by atoms with E-state index in [1.807, 2.05) is 0 Å². The minimum atomic E-state index is 0.337. The second-order valence-electron chi connectivity index (χ2n) is 7.29. The first-order valence-corrected chi connectivity index (χ1v) is 7.28. The van der Waals surface area contributed by atoms with Gasteiger partial charge in [0.25, 0.3) is 0 Å². The highest BCUT2D eigenvalue weighted by molar-refractivity contribution is 5.06. The van der Waals surface area contributed by atoms with Crippen molar-refractivity contribution < 1.29 is 0 Å². The van der Waals surface area contributed by atoms with Gasteiger partial charge in [0, 0.05) is 30.0 Å². The van der Waals surface area contributed by atoms with E-state index in [2.05, 4.69) is 48.2 Å². The number of piperidine rings is 1. The second-order valence-corrected chi connectivity index (χ2v) is 7.29. The van der Waals surface area contributed by atoms with E-state index in [0.29, 0.717) is 11.5 Å². The Balaban J connectivity index is 1.78. The lowest BCUT2D eigenvalue weighted by atomic mass is 9.90. The monoisotopic (exact) mass is 247 g/mol. The number of hydrogen-bond donors (Lipinski definition) is 1. The van der Waals surface area contributed by atoms with Crippen molar-refractivity contribution in [3.8, 4) is 0 Å². The van der Waals surface area contributed by atoms with Gasteiger partial charge in [0.2, 0.25) is 0 Å². The number of nitrogens with one attached hydrogen (secondary N) is 1. The van der Waals surface area contributed by atoms with Crippen LogP contribution >= 0.6 is 0 Å². The second kappa shape index (κ2) is 4.37. The summed E-state index contributed by atoms with van der Waals surface area (Å²) in [5.74, 6) is 0. The highest BCUT2D eigenvalue weighted by Crippen LogP contribution is 2.35. The van der Waals surface area contributed by atoms with Gasteiger partial charge in [-0.3, -0.25) is 0 Å². The molecule has 0 aromatic carbocycles. The molecular weight excluding hydrogens is 222 g/mol. The van der Waals surface area contributed by atoms with Gasteiger partial charge in [-0.2, -0.15) is 0 Å². The van der Waals surface area contributed by atoms with Crippen molar-refractivity contribution >= 4 is 0 Å². The van der Waals surface area contributed by atoms with E-state index >= 15 is 0 Å². The van der Waals surface area contributed by atoms with E-state index in [4.69, 9.17) is 0 Å². The van der Waals surface area contributed by atoms with Crippen LogP contribution in [-0.2, 0) is 6.42 Å². The fraction of sp³-hybridized carbons (Fsp3) is 0.800. The summed E-state index contributed by atoms with van der Waals surface area (Å²) >= 11 is 0. The van der Waals surface area contributed by atoms with Crippen LogP contribution in [0.3, 0.4) is 0 Å². The molecule has 3 rings (SSSR count). The molecule has 2 fully saturated rings. The number of aromatic nitrogens is 2. The normalized spacial score (nSPS) is 31.8. The first kappa shape index (κ1) is 12.2. The summed E-state index contributed by atoms with van der Waals surface area (Å²) in [5, 5.41) is 3.72. The summed E-state index contributed by atoms with van der Waals surface area (Å²) in [6.07, 6.45) is 10.5. The van der Waals surface area contributed by atoms with Crippen LogP contribution < -0.4 is 5.32 Å². The van der Waals surface area contributed by atoms with Crippen molar-refractivity contribution in [2.75, 3.05) is 0 Å². The fourth-order valence-corrected chi connectivity index (χ4v) is 3.60. The molecule has 2 atom stereocenters. The van der Waals surface area contributed by atoms with E-state index in [0.717, 1.165) is 18.5 Å². The largest absolute Gasteiger partial charge is 0.331 e. The van der Waals surface area contributed by atoms with Crippen LogP contribution in [0.1, 0.15) is 58.2 Å². The van der Waals surface area contributed by atoms with Gasteiger partial charge in [0.05, 0.1) is 6.33 Å². The molecular formula is C15H25N3. The van der Waals surface area contributed by atoms with Crippen molar-refractivity contribution in [3.63, 3.8) is 0 Å². The summed E-state index contributed by atoms with van der Waals surface area (Å²) in [4.78, 5) is 4.39. The predicted molar refractivity (Wildman–Crippen MR) is 73.6 cm³/mol. The highest BCUT2D eigenvalue weighted by Gasteiger charge is 2.34. The first-order chi connectivity index (χ1) is 8.51. The molecule has 1 N–H and O–H groups in total. The SMILES string of the molecule is CC(C)(C)Cc1cncn1C1CC2CCC(C1)N2. The molecule has 3 heteroatoms. The molecule has 18 heavy (non-hydrogen) atoms. The molecule has 0 radical (unpaired) electrons. The van der Waals surface area contributed by atoms with Gasteiger partial charge < -0.3 is 9.88 Å². The average Bonchev–Trinajstić information content (AvgIpc) is 2.83. The van der Waals surface area contributed by atoms with Crippen molar-refractivity contribution in [3.05, 3.63) is 18.2 Å². The van der Waals surface area contributed by atoms with Gasteiger partial charge in [-0.05, 0) is 37.5 Å². The molecule has 0 saturated carbocycles. The smallest absolute Gasteiger partial charge is 0.0950 e. The molecule has 0 aliphatic carbocycles. The zero-order valence-corrected chi connectivity index (χ0v) is 11.8. The third-order valence-corrected chi connectivity index (χ3v) is 4.30.